The second kappa shape index (κ2) is 7.90. The molecule has 0 saturated carbocycles. The van der Waals surface area contributed by atoms with Gasteiger partial charge in [-0.15, -0.1) is 11.3 Å². The number of carbonyl (C=O) groups excluding carboxylic acids is 1. The Morgan fingerprint density at radius 3 is 2.55 bits per heavy atom. The van der Waals surface area contributed by atoms with E-state index in [-0.39, 0.29) is 24.2 Å². The van der Waals surface area contributed by atoms with Gasteiger partial charge in [-0.2, -0.15) is 0 Å². The highest BCUT2D eigenvalue weighted by Crippen LogP contribution is 2.23. The molecule has 5 heteroatoms. The molecule has 0 aliphatic rings. The average molecular weight is 325 g/mol. The lowest BCUT2D eigenvalue weighted by atomic mass is 10.1. The van der Waals surface area contributed by atoms with E-state index in [1.807, 2.05) is 20.8 Å². The Morgan fingerprint density at radius 1 is 1.50 bits per heavy atom. The van der Waals surface area contributed by atoms with Crippen molar-refractivity contribution in [3.8, 4) is 0 Å². The molecule has 0 bridgehead atoms. The molecule has 0 spiro atoms. The van der Waals surface area contributed by atoms with Gasteiger partial charge in [0.2, 0.25) is 5.91 Å². The largest absolute Gasteiger partial charge is 0.394 e. The van der Waals surface area contributed by atoms with Gasteiger partial charge in [0.05, 0.1) is 24.9 Å². The summed E-state index contributed by atoms with van der Waals surface area (Å²) in [5.74, 6) is -0.195. The molecule has 124 valence electrons. The van der Waals surface area contributed by atoms with Crippen molar-refractivity contribution in [3.63, 3.8) is 0 Å². The first kappa shape index (κ1) is 18.9. The lowest BCUT2D eigenvalue weighted by Gasteiger charge is -2.32. The highest BCUT2D eigenvalue weighted by molar-refractivity contribution is 7.10. The van der Waals surface area contributed by atoms with Gasteiger partial charge in [-0.1, -0.05) is 6.58 Å². The third-order valence-corrected chi connectivity index (χ3v) is 4.61. The summed E-state index contributed by atoms with van der Waals surface area (Å²) >= 11 is 1.67. The van der Waals surface area contributed by atoms with Crippen molar-refractivity contribution in [2.75, 3.05) is 13.2 Å². The maximum absolute atomic E-state index is 12.2. The summed E-state index contributed by atoms with van der Waals surface area (Å²) in [5.41, 5.74) is 1.98. The number of carbonyl (C=O) groups is 1. The van der Waals surface area contributed by atoms with E-state index in [9.17, 15) is 9.90 Å². The molecule has 0 aliphatic heterocycles. The lowest BCUT2D eigenvalue weighted by molar-refractivity contribution is -0.133. The number of aliphatic hydroxyl groups excluding tert-OH is 1. The number of nitrogens with zero attached hydrogens (tertiary/aromatic N) is 1. The number of aliphatic hydroxyl groups is 1. The van der Waals surface area contributed by atoms with E-state index < -0.39 is 0 Å². The quantitative estimate of drug-likeness (QED) is 0.784. The molecule has 1 rings (SSSR count). The number of thiophene rings is 1. The van der Waals surface area contributed by atoms with Crippen LogP contribution in [0.2, 0.25) is 0 Å². The van der Waals surface area contributed by atoms with E-state index >= 15 is 0 Å². The van der Waals surface area contributed by atoms with Crippen LogP contribution in [0.3, 0.4) is 0 Å². The smallest absolute Gasteiger partial charge is 0.246 e. The molecule has 1 amide bonds. The van der Waals surface area contributed by atoms with Crippen molar-refractivity contribution in [1.82, 2.24) is 4.90 Å². The van der Waals surface area contributed by atoms with Gasteiger partial charge >= 0.3 is 0 Å². The first-order chi connectivity index (χ1) is 10.2. The fraction of sp³-hybridized carbons (Fsp3) is 0.588. The number of hydrogen-bond acceptors (Lipinski definition) is 4. The molecule has 0 fully saturated rings. The first-order valence-electron chi connectivity index (χ1n) is 7.41. The molecule has 0 saturated heterocycles. The molecule has 1 atom stereocenters. The Hall–Kier alpha value is -1.17. The number of hydrogen-bond donors (Lipinski definition) is 1. The van der Waals surface area contributed by atoms with Gasteiger partial charge in [-0.3, -0.25) is 4.79 Å². The van der Waals surface area contributed by atoms with Crippen LogP contribution in [-0.4, -0.2) is 40.8 Å². The maximum Gasteiger partial charge on any atom is 0.246 e. The van der Waals surface area contributed by atoms with Crippen molar-refractivity contribution in [1.29, 1.82) is 0 Å². The van der Waals surface area contributed by atoms with Gasteiger partial charge in [0, 0.05) is 11.4 Å². The van der Waals surface area contributed by atoms with Crippen molar-refractivity contribution in [2.24, 2.45) is 0 Å². The zero-order valence-corrected chi connectivity index (χ0v) is 15.0. The van der Waals surface area contributed by atoms with E-state index in [0.29, 0.717) is 13.2 Å². The fourth-order valence-corrected chi connectivity index (χ4v) is 2.87. The normalized spacial score (nSPS) is 13.0. The first-order valence-corrected chi connectivity index (χ1v) is 8.29. The molecule has 1 aromatic heterocycles. The molecule has 1 N–H and O–H groups in total. The monoisotopic (exact) mass is 325 g/mol. The minimum atomic E-state index is -0.385. The number of rotatable bonds is 7. The number of ether oxygens (including phenoxy) is 1. The Morgan fingerprint density at radius 2 is 2.14 bits per heavy atom. The van der Waals surface area contributed by atoms with E-state index in [2.05, 4.69) is 25.8 Å². The standard InChI is InChI=1S/C17H27NO3S/c1-7-16(20)18(8-14-11-22-13(3)12(14)2)15(9-19)10-21-17(4,5)6/h7,11,15,19H,1,8-10H2,2-6H3. The molecular weight excluding hydrogens is 298 g/mol. The minimum absolute atomic E-state index is 0.141. The van der Waals surface area contributed by atoms with Gasteiger partial charge in [0.25, 0.3) is 0 Å². The Balaban J connectivity index is 2.92. The average Bonchev–Trinajstić information content (AvgIpc) is 2.76. The van der Waals surface area contributed by atoms with Gasteiger partial charge in [-0.05, 0) is 57.2 Å². The summed E-state index contributed by atoms with van der Waals surface area (Å²) in [6.07, 6.45) is 1.29. The van der Waals surface area contributed by atoms with E-state index in [4.69, 9.17) is 4.74 Å². The molecule has 0 aliphatic carbocycles. The van der Waals surface area contributed by atoms with Crippen molar-refractivity contribution in [2.45, 2.75) is 52.8 Å². The summed E-state index contributed by atoms with van der Waals surface area (Å²) < 4.78 is 5.75. The Labute approximate surface area is 137 Å². The molecule has 4 nitrogen and oxygen atoms in total. The summed E-state index contributed by atoms with van der Waals surface area (Å²) in [6.45, 7) is 14.1. The van der Waals surface area contributed by atoms with E-state index in [1.165, 1.54) is 16.5 Å². The SMILES string of the molecule is C=CC(=O)N(Cc1csc(C)c1C)C(CO)COC(C)(C)C. The second-order valence-corrected chi connectivity index (χ2v) is 7.46. The maximum atomic E-state index is 12.2. The molecule has 1 heterocycles. The van der Waals surface area contributed by atoms with Gasteiger partial charge in [-0.25, -0.2) is 0 Å². The summed E-state index contributed by atoms with van der Waals surface area (Å²) in [6, 6.07) is -0.385. The Kier molecular flexibility index (Phi) is 6.78. The number of amides is 1. The molecule has 0 aromatic carbocycles. The predicted octanol–water partition coefficient (Wildman–Crippen LogP) is 3.06. The fourth-order valence-electron chi connectivity index (χ4n) is 1.99. The van der Waals surface area contributed by atoms with Crippen LogP contribution in [0, 0.1) is 13.8 Å². The predicted molar refractivity (Wildman–Crippen MR) is 91.1 cm³/mol. The van der Waals surface area contributed by atoms with Crippen molar-refractivity contribution >= 4 is 17.2 Å². The second-order valence-electron chi connectivity index (χ2n) is 6.37. The van der Waals surface area contributed by atoms with E-state index in [1.54, 1.807) is 16.2 Å². The van der Waals surface area contributed by atoms with Gasteiger partial charge in [0.15, 0.2) is 0 Å². The van der Waals surface area contributed by atoms with Crippen LogP contribution in [0.1, 0.15) is 36.8 Å². The molecular formula is C17H27NO3S. The lowest BCUT2D eigenvalue weighted by Crippen LogP contribution is -2.45. The zero-order chi connectivity index (χ0) is 16.9. The Bertz CT molecular complexity index is 516. The summed E-state index contributed by atoms with van der Waals surface area (Å²) in [5, 5.41) is 11.7. The van der Waals surface area contributed by atoms with Gasteiger partial charge < -0.3 is 14.7 Å². The van der Waals surface area contributed by atoms with Crippen LogP contribution in [-0.2, 0) is 16.1 Å². The number of aryl methyl sites for hydroxylation is 1. The van der Waals surface area contributed by atoms with Crippen LogP contribution < -0.4 is 0 Å². The van der Waals surface area contributed by atoms with Crippen LogP contribution in [0.4, 0.5) is 0 Å². The van der Waals surface area contributed by atoms with Gasteiger partial charge in [0.1, 0.15) is 0 Å². The molecule has 0 radical (unpaired) electrons. The van der Waals surface area contributed by atoms with Crippen LogP contribution >= 0.6 is 11.3 Å². The molecule has 22 heavy (non-hydrogen) atoms. The van der Waals surface area contributed by atoms with Crippen molar-refractivity contribution < 1.29 is 14.6 Å². The minimum Gasteiger partial charge on any atom is -0.394 e. The summed E-state index contributed by atoms with van der Waals surface area (Å²) in [7, 11) is 0. The van der Waals surface area contributed by atoms with Crippen LogP contribution in [0.25, 0.3) is 0 Å². The zero-order valence-electron chi connectivity index (χ0n) is 14.2. The molecule has 1 aromatic rings. The highest BCUT2D eigenvalue weighted by Gasteiger charge is 2.25. The highest BCUT2D eigenvalue weighted by atomic mass is 32.1. The van der Waals surface area contributed by atoms with Crippen LogP contribution in [0.15, 0.2) is 18.0 Å². The van der Waals surface area contributed by atoms with Crippen LogP contribution in [0.5, 0.6) is 0 Å². The molecule has 1 unspecified atom stereocenters. The third kappa shape index (κ3) is 5.23. The summed E-state index contributed by atoms with van der Waals surface area (Å²) in [4.78, 5) is 15.1. The topological polar surface area (TPSA) is 49.8 Å². The van der Waals surface area contributed by atoms with Crippen molar-refractivity contribution in [3.05, 3.63) is 34.0 Å². The third-order valence-electron chi connectivity index (χ3n) is 3.55. The van der Waals surface area contributed by atoms with E-state index in [0.717, 1.165) is 5.56 Å².